The Balaban J connectivity index is 1.53. The predicted molar refractivity (Wildman–Crippen MR) is 79.3 cm³/mol. The minimum atomic E-state index is 0.727. The lowest BCUT2D eigenvalue weighted by Crippen LogP contribution is -2.35. The predicted octanol–water partition coefficient (Wildman–Crippen LogP) is 4.04. The second-order valence-corrected chi connectivity index (χ2v) is 6.97. The molecule has 98 valence electrons. The van der Waals surface area contributed by atoms with Crippen molar-refractivity contribution in [3.63, 3.8) is 0 Å². The van der Waals surface area contributed by atoms with Gasteiger partial charge in [-0.05, 0) is 43.2 Å². The van der Waals surface area contributed by atoms with Gasteiger partial charge in [-0.15, -0.1) is 11.8 Å². The molecule has 0 amide bonds. The molecule has 18 heavy (non-hydrogen) atoms. The van der Waals surface area contributed by atoms with Crippen molar-refractivity contribution in [2.45, 2.75) is 49.5 Å². The van der Waals surface area contributed by atoms with Crippen molar-refractivity contribution in [3.05, 3.63) is 29.8 Å². The van der Waals surface area contributed by atoms with Crippen LogP contribution in [0.25, 0.3) is 0 Å². The fraction of sp³-hybridized carbons (Fsp3) is 0.625. The Morgan fingerprint density at radius 3 is 2.78 bits per heavy atom. The van der Waals surface area contributed by atoms with Gasteiger partial charge in [0, 0.05) is 29.2 Å². The van der Waals surface area contributed by atoms with Crippen LogP contribution in [0.4, 0.5) is 0 Å². The first-order chi connectivity index (χ1) is 8.83. The summed E-state index contributed by atoms with van der Waals surface area (Å²) in [7, 11) is 0. The highest BCUT2D eigenvalue weighted by Gasteiger charge is 2.24. The van der Waals surface area contributed by atoms with Crippen LogP contribution in [0.2, 0.25) is 0 Å². The molecule has 1 heterocycles. The second kappa shape index (κ2) is 5.66. The van der Waals surface area contributed by atoms with E-state index in [0.29, 0.717) is 0 Å². The van der Waals surface area contributed by atoms with Crippen LogP contribution in [0.3, 0.4) is 0 Å². The van der Waals surface area contributed by atoms with Gasteiger partial charge in [-0.25, -0.2) is 0 Å². The largest absolute Gasteiger partial charge is 0.313 e. The van der Waals surface area contributed by atoms with E-state index in [-0.39, 0.29) is 0 Å². The maximum absolute atomic E-state index is 3.81. The molecule has 1 aromatic carbocycles. The molecule has 0 bridgehead atoms. The minimum Gasteiger partial charge on any atom is -0.313 e. The highest BCUT2D eigenvalue weighted by molar-refractivity contribution is 7.99. The molecule has 3 rings (SSSR count). The third-order valence-electron chi connectivity index (χ3n) is 4.47. The molecule has 1 unspecified atom stereocenters. The Hall–Kier alpha value is -0.470. The van der Waals surface area contributed by atoms with Gasteiger partial charge in [-0.2, -0.15) is 0 Å². The first kappa shape index (κ1) is 12.6. The van der Waals surface area contributed by atoms with Gasteiger partial charge in [-0.3, -0.25) is 0 Å². The number of fused-ring (bicyclic) bond motifs is 1. The van der Waals surface area contributed by atoms with Crippen LogP contribution in [-0.2, 0) is 0 Å². The van der Waals surface area contributed by atoms with Crippen LogP contribution in [0.1, 0.15) is 44.1 Å². The molecule has 1 atom stereocenters. The molecule has 2 heteroatoms. The fourth-order valence-corrected chi connectivity index (χ4v) is 4.43. The zero-order chi connectivity index (χ0) is 12.4. The van der Waals surface area contributed by atoms with Crippen LogP contribution in [0.5, 0.6) is 0 Å². The zero-order valence-electron chi connectivity index (χ0n) is 11.2. The van der Waals surface area contributed by atoms with Crippen molar-refractivity contribution in [1.82, 2.24) is 5.32 Å². The van der Waals surface area contributed by atoms with E-state index in [9.17, 15) is 0 Å². The molecule has 0 aromatic heterocycles. The molecule has 0 saturated heterocycles. The molecule has 1 fully saturated rings. The Bertz CT molecular complexity index is 396. The van der Waals surface area contributed by atoms with Gasteiger partial charge in [0.1, 0.15) is 0 Å². The second-order valence-electron chi connectivity index (χ2n) is 5.91. The van der Waals surface area contributed by atoms with E-state index >= 15 is 0 Å². The summed E-state index contributed by atoms with van der Waals surface area (Å²) >= 11 is 2.02. The van der Waals surface area contributed by atoms with Crippen LogP contribution >= 0.6 is 11.8 Å². The SMILES string of the molecule is CC1CCC(NCC2CSc3ccccc32)CC1. The van der Waals surface area contributed by atoms with Crippen molar-refractivity contribution in [2.24, 2.45) is 5.92 Å². The number of thioether (sulfide) groups is 1. The molecule has 0 spiro atoms. The highest BCUT2D eigenvalue weighted by atomic mass is 32.2. The van der Waals surface area contributed by atoms with Gasteiger partial charge in [0.15, 0.2) is 0 Å². The monoisotopic (exact) mass is 261 g/mol. The summed E-state index contributed by atoms with van der Waals surface area (Å²) in [5, 5.41) is 3.81. The maximum atomic E-state index is 3.81. The van der Waals surface area contributed by atoms with Crippen molar-refractivity contribution in [1.29, 1.82) is 0 Å². The lowest BCUT2D eigenvalue weighted by atomic mass is 9.87. The van der Waals surface area contributed by atoms with E-state index in [2.05, 4.69) is 36.5 Å². The molecule has 0 radical (unpaired) electrons. The topological polar surface area (TPSA) is 12.0 Å². The van der Waals surface area contributed by atoms with Gasteiger partial charge >= 0.3 is 0 Å². The van der Waals surface area contributed by atoms with E-state index < -0.39 is 0 Å². The minimum absolute atomic E-state index is 0.727. The van der Waals surface area contributed by atoms with Gasteiger partial charge in [0.25, 0.3) is 0 Å². The zero-order valence-corrected chi connectivity index (χ0v) is 12.0. The molecular formula is C16H23NS. The Kier molecular flexibility index (Phi) is 3.95. The number of nitrogens with one attached hydrogen (secondary N) is 1. The summed E-state index contributed by atoms with van der Waals surface area (Å²) in [5.74, 6) is 2.94. The lowest BCUT2D eigenvalue weighted by Gasteiger charge is -2.28. The van der Waals surface area contributed by atoms with Gasteiger partial charge in [0.2, 0.25) is 0 Å². The Labute approximate surface area is 115 Å². The van der Waals surface area contributed by atoms with E-state index in [0.717, 1.165) is 17.9 Å². The Morgan fingerprint density at radius 1 is 1.17 bits per heavy atom. The quantitative estimate of drug-likeness (QED) is 0.881. The average molecular weight is 261 g/mol. The van der Waals surface area contributed by atoms with E-state index in [4.69, 9.17) is 0 Å². The van der Waals surface area contributed by atoms with E-state index in [1.54, 1.807) is 5.56 Å². The molecule has 2 aliphatic rings. The highest BCUT2D eigenvalue weighted by Crippen LogP contribution is 2.39. The third-order valence-corrected chi connectivity index (χ3v) is 5.72. The van der Waals surface area contributed by atoms with Crippen LogP contribution < -0.4 is 5.32 Å². The normalized spacial score (nSPS) is 31.3. The van der Waals surface area contributed by atoms with Crippen LogP contribution in [0, 0.1) is 5.92 Å². The summed E-state index contributed by atoms with van der Waals surface area (Å²) < 4.78 is 0. The molecule has 1 aliphatic carbocycles. The maximum Gasteiger partial charge on any atom is 0.0108 e. The standard InChI is InChI=1S/C16H23NS/c1-12-6-8-14(9-7-12)17-10-13-11-18-16-5-3-2-4-15(13)16/h2-5,12-14,17H,6-11H2,1H3. The summed E-state index contributed by atoms with van der Waals surface area (Å²) in [4.78, 5) is 1.50. The number of hydrogen-bond donors (Lipinski definition) is 1. The summed E-state index contributed by atoms with van der Waals surface area (Å²) in [6.07, 6.45) is 5.58. The number of benzene rings is 1. The molecule has 1 aromatic rings. The van der Waals surface area contributed by atoms with Gasteiger partial charge in [-0.1, -0.05) is 25.1 Å². The van der Waals surface area contributed by atoms with Gasteiger partial charge in [0.05, 0.1) is 0 Å². The van der Waals surface area contributed by atoms with E-state index in [1.807, 2.05) is 11.8 Å². The molecule has 1 aliphatic heterocycles. The summed E-state index contributed by atoms with van der Waals surface area (Å²) in [5.41, 5.74) is 1.57. The fourth-order valence-electron chi connectivity index (χ4n) is 3.17. The average Bonchev–Trinajstić information content (AvgIpc) is 2.82. The lowest BCUT2D eigenvalue weighted by molar-refractivity contribution is 0.305. The number of hydrogen-bond acceptors (Lipinski definition) is 2. The van der Waals surface area contributed by atoms with Crippen molar-refractivity contribution < 1.29 is 0 Å². The van der Waals surface area contributed by atoms with Crippen molar-refractivity contribution in [3.8, 4) is 0 Å². The first-order valence-electron chi connectivity index (χ1n) is 7.28. The molecule has 1 N–H and O–H groups in total. The van der Waals surface area contributed by atoms with Gasteiger partial charge < -0.3 is 5.32 Å². The summed E-state index contributed by atoms with van der Waals surface area (Å²) in [6, 6.07) is 9.69. The van der Waals surface area contributed by atoms with E-state index in [1.165, 1.54) is 42.9 Å². The molecule has 1 saturated carbocycles. The molecule has 1 nitrogen and oxygen atoms in total. The van der Waals surface area contributed by atoms with Crippen LogP contribution in [-0.4, -0.2) is 18.3 Å². The summed E-state index contributed by atoms with van der Waals surface area (Å²) in [6.45, 7) is 3.56. The smallest absolute Gasteiger partial charge is 0.0108 e. The number of rotatable bonds is 3. The van der Waals surface area contributed by atoms with Crippen molar-refractivity contribution in [2.75, 3.05) is 12.3 Å². The van der Waals surface area contributed by atoms with Crippen molar-refractivity contribution >= 4 is 11.8 Å². The van der Waals surface area contributed by atoms with Crippen LogP contribution in [0.15, 0.2) is 29.2 Å². The first-order valence-corrected chi connectivity index (χ1v) is 8.26. The third kappa shape index (κ3) is 2.75. The Morgan fingerprint density at radius 2 is 1.94 bits per heavy atom. The molecular weight excluding hydrogens is 238 g/mol.